The Hall–Kier alpha value is -3.23. The minimum atomic E-state index is -0.476. The number of non-ortho nitro benzene ring substituents is 1. The number of thiazole rings is 1. The standard InChI is InChI=1S/C19H14ClN3O4S/c1-27-17-8-5-13(10-15(17)20)16-11-28-19(21-16)22-18(24)9-4-12-2-6-14(7-3-12)23(25)26/h2-11H,1H3,(H,21,22,24)/b9-4+. The van der Waals surface area contributed by atoms with Crippen LogP contribution >= 0.6 is 22.9 Å². The fourth-order valence-corrected chi connectivity index (χ4v) is 3.30. The number of amides is 1. The van der Waals surface area contributed by atoms with E-state index < -0.39 is 4.92 Å². The van der Waals surface area contributed by atoms with Crippen molar-refractivity contribution in [2.75, 3.05) is 12.4 Å². The quantitative estimate of drug-likeness (QED) is 0.346. The van der Waals surface area contributed by atoms with E-state index in [0.717, 1.165) is 5.56 Å². The summed E-state index contributed by atoms with van der Waals surface area (Å²) in [5.74, 6) is 0.220. The molecule has 1 aromatic heterocycles. The van der Waals surface area contributed by atoms with Crippen molar-refractivity contribution in [1.29, 1.82) is 0 Å². The van der Waals surface area contributed by atoms with Crippen LogP contribution in [0.25, 0.3) is 17.3 Å². The zero-order chi connectivity index (χ0) is 20.1. The van der Waals surface area contributed by atoms with Gasteiger partial charge in [0.15, 0.2) is 5.13 Å². The average Bonchev–Trinajstić information content (AvgIpc) is 3.15. The van der Waals surface area contributed by atoms with Crippen LogP contribution < -0.4 is 10.1 Å². The number of aromatic nitrogens is 1. The summed E-state index contributed by atoms with van der Waals surface area (Å²) in [4.78, 5) is 26.6. The van der Waals surface area contributed by atoms with E-state index in [9.17, 15) is 14.9 Å². The van der Waals surface area contributed by atoms with E-state index in [2.05, 4.69) is 10.3 Å². The number of ether oxygens (including phenoxy) is 1. The highest BCUT2D eigenvalue weighted by molar-refractivity contribution is 7.14. The second-order valence-corrected chi connectivity index (χ2v) is 6.82. The van der Waals surface area contributed by atoms with E-state index in [4.69, 9.17) is 16.3 Å². The summed E-state index contributed by atoms with van der Waals surface area (Å²) in [5.41, 5.74) is 2.16. The zero-order valence-electron chi connectivity index (χ0n) is 14.6. The molecular weight excluding hydrogens is 402 g/mol. The van der Waals surface area contributed by atoms with Gasteiger partial charge in [-0.15, -0.1) is 11.3 Å². The molecule has 1 N–H and O–H groups in total. The molecule has 28 heavy (non-hydrogen) atoms. The molecule has 142 valence electrons. The van der Waals surface area contributed by atoms with Crippen LogP contribution in [0.1, 0.15) is 5.56 Å². The van der Waals surface area contributed by atoms with Gasteiger partial charge in [-0.25, -0.2) is 4.98 Å². The Morgan fingerprint density at radius 1 is 1.29 bits per heavy atom. The van der Waals surface area contributed by atoms with Gasteiger partial charge >= 0.3 is 0 Å². The number of benzene rings is 2. The summed E-state index contributed by atoms with van der Waals surface area (Å²) >= 11 is 7.42. The number of carbonyl (C=O) groups excluding carboxylic acids is 1. The summed E-state index contributed by atoms with van der Waals surface area (Å²) < 4.78 is 5.13. The maximum absolute atomic E-state index is 12.1. The summed E-state index contributed by atoms with van der Waals surface area (Å²) in [5, 5.41) is 16.1. The number of halogens is 1. The number of anilines is 1. The van der Waals surface area contributed by atoms with Gasteiger partial charge in [0.2, 0.25) is 5.91 Å². The highest BCUT2D eigenvalue weighted by Crippen LogP contribution is 2.31. The van der Waals surface area contributed by atoms with E-state index in [-0.39, 0.29) is 11.6 Å². The van der Waals surface area contributed by atoms with Gasteiger partial charge in [-0.3, -0.25) is 20.2 Å². The molecule has 9 heteroatoms. The van der Waals surface area contributed by atoms with Crippen LogP contribution in [0.5, 0.6) is 5.75 Å². The number of hydrogen-bond donors (Lipinski definition) is 1. The van der Waals surface area contributed by atoms with E-state index in [1.54, 1.807) is 37.5 Å². The van der Waals surface area contributed by atoms with Crippen molar-refractivity contribution in [3.8, 4) is 17.0 Å². The number of carbonyl (C=O) groups is 1. The smallest absolute Gasteiger partial charge is 0.269 e. The monoisotopic (exact) mass is 415 g/mol. The van der Waals surface area contributed by atoms with Crippen LogP contribution in [0.4, 0.5) is 10.8 Å². The minimum absolute atomic E-state index is 0.00412. The number of nitro groups is 1. The van der Waals surface area contributed by atoms with Gasteiger partial charge in [0, 0.05) is 29.2 Å². The first-order chi connectivity index (χ1) is 13.5. The number of methoxy groups -OCH3 is 1. The van der Waals surface area contributed by atoms with Gasteiger partial charge in [-0.2, -0.15) is 0 Å². The molecule has 3 aromatic rings. The van der Waals surface area contributed by atoms with Gasteiger partial charge in [-0.1, -0.05) is 11.6 Å². The Morgan fingerprint density at radius 3 is 2.68 bits per heavy atom. The number of rotatable bonds is 6. The van der Waals surface area contributed by atoms with Gasteiger partial charge in [0.05, 0.1) is 22.7 Å². The second kappa shape index (κ2) is 8.64. The Labute approximate surface area is 169 Å². The maximum atomic E-state index is 12.1. The van der Waals surface area contributed by atoms with Crippen LogP contribution in [-0.2, 0) is 4.79 Å². The highest BCUT2D eigenvalue weighted by Gasteiger charge is 2.09. The summed E-state index contributed by atoms with van der Waals surface area (Å²) in [7, 11) is 1.54. The van der Waals surface area contributed by atoms with E-state index in [0.29, 0.717) is 27.2 Å². The van der Waals surface area contributed by atoms with Crippen molar-refractivity contribution in [2.45, 2.75) is 0 Å². The Bertz CT molecular complexity index is 1050. The lowest BCUT2D eigenvalue weighted by Crippen LogP contribution is -2.07. The number of hydrogen-bond acceptors (Lipinski definition) is 6. The van der Waals surface area contributed by atoms with Crippen molar-refractivity contribution >= 4 is 45.7 Å². The molecule has 3 rings (SSSR count). The van der Waals surface area contributed by atoms with Crippen molar-refractivity contribution in [3.63, 3.8) is 0 Å². The van der Waals surface area contributed by atoms with Crippen molar-refractivity contribution in [2.24, 2.45) is 0 Å². The van der Waals surface area contributed by atoms with Crippen LogP contribution in [0.3, 0.4) is 0 Å². The number of nitrogens with one attached hydrogen (secondary N) is 1. The predicted molar refractivity (Wildman–Crippen MR) is 110 cm³/mol. The summed E-state index contributed by atoms with van der Waals surface area (Å²) in [6, 6.07) is 11.2. The fourth-order valence-electron chi connectivity index (χ4n) is 2.32. The molecule has 1 heterocycles. The van der Waals surface area contributed by atoms with Crippen LogP contribution in [0, 0.1) is 10.1 Å². The maximum Gasteiger partial charge on any atom is 0.269 e. The molecule has 0 saturated carbocycles. The molecule has 0 spiro atoms. The molecule has 1 amide bonds. The fraction of sp³-hybridized carbons (Fsp3) is 0.0526. The number of nitro benzene ring substituents is 1. The number of nitrogens with zero attached hydrogens (tertiary/aromatic N) is 2. The molecule has 0 saturated heterocycles. The van der Waals surface area contributed by atoms with Crippen molar-refractivity contribution in [3.05, 3.63) is 74.6 Å². The van der Waals surface area contributed by atoms with Crippen LogP contribution in [-0.4, -0.2) is 22.9 Å². The van der Waals surface area contributed by atoms with Crippen LogP contribution in [0.2, 0.25) is 5.02 Å². The third-order valence-corrected chi connectivity index (χ3v) is 4.77. The minimum Gasteiger partial charge on any atom is -0.495 e. The molecule has 0 aliphatic heterocycles. The summed E-state index contributed by atoms with van der Waals surface area (Å²) in [6.45, 7) is 0. The Kier molecular flexibility index (Phi) is 6.03. The molecule has 7 nitrogen and oxygen atoms in total. The molecule has 0 fully saturated rings. The SMILES string of the molecule is COc1ccc(-c2csc(NC(=O)/C=C/c3ccc([N+](=O)[O-])cc3)n2)cc1Cl. The predicted octanol–water partition coefficient (Wildman–Crippen LogP) is 5.03. The zero-order valence-corrected chi connectivity index (χ0v) is 16.2. The molecular formula is C19H14ClN3O4S. The molecule has 0 aliphatic carbocycles. The topological polar surface area (TPSA) is 94.4 Å². The van der Waals surface area contributed by atoms with Crippen molar-refractivity contribution in [1.82, 2.24) is 4.98 Å². The third-order valence-electron chi connectivity index (χ3n) is 3.71. The first kappa shape index (κ1) is 19.5. The summed E-state index contributed by atoms with van der Waals surface area (Å²) in [6.07, 6.45) is 2.91. The molecule has 0 bridgehead atoms. The Morgan fingerprint density at radius 2 is 2.04 bits per heavy atom. The lowest BCUT2D eigenvalue weighted by Gasteiger charge is -2.04. The lowest BCUT2D eigenvalue weighted by atomic mass is 10.2. The molecule has 0 atom stereocenters. The van der Waals surface area contributed by atoms with E-state index in [1.807, 2.05) is 11.4 Å². The average molecular weight is 416 g/mol. The normalized spacial score (nSPS) is 10.8. The molecule has 0 unspecified atom stereocenters. The van der Waals surface area contributed by atoms with Crippen LogP contribution in [0.15, 0.2) is 53.9 Å². The van der Waals surface area contributed by atoms with Crippen molar-refractivity contribution < 1.29 is 14.5 Å². The molecule has 0 aliphatic rings. The van der Waals surface area contributed by atoms with Gasteiger partial charge in [0.1, 0.15) is 5.75 Å². The van der Waals surface area contributed by atoms with E-state index in [1.165, 1.54) is 29.5 Å². The Balaban J connectivity index is 1.65. The lowest BCUT2D eigenvalue weighted by molar-refractivity contribution is -0.384. The first-order valence-corrected chi connectivity index (χ1v) is 9.25. The highest BCUT2D eigenvalue weighted by atomic mass is 35.5. The van der Waals surface area contributed by atoms with Gasteiger partial charge in [0.25, 0.3) is 5.69 Å². The second-order valence-electron chi connectivity index (χ2n) is 5.56. The van der Waals surface area contributed by atoms with Gasteiger partial charge < -0.3 is 4.74 Å². The first-order valence-electron chi connectivity index (χ1n) is 7.99. The largest absolute Gasteiger partial charge is 0.495 e. The van der Waals surface area contributed by atoms with E-state index >= 15 is 0 Å². The molecule has 2 aromatic carbocycles. The molecule has 0 radical (unpaired) electrons. The van der Waals surface area contributed by atoms with Gasteiger partial charge in [-0.05, 0) is 42.0 Å². The third kappa shape index (κ3) is 4.73.